The Morgan fingerprint density at radius 1 is 0.841 bits per heavy atom. The van der Waals surface area contributed by atoms with E-state index in [1.165, 1.54) is 41.3 Å². The molecule has 7 nitrogen and oxygen atoms in total. The molecule has 1 unspecified atom stereocenters. The molecule has 1 aromatic heterocycles. The van der Waals surface area contributed by atoms with Crippen molar-refractivity contribution in [2.24, 2.45) is 0 Å². The number of anilines is 2. The first-order valence-electron chi connectivity index (χ1n) is 13.5. The highest BCUT2D eigenvalue weighted by Crippen LogP contribution is 2.37. The third-order valence-corrected chi connectivity index (χ3v) is 8.43. The minimum absolute atomic E-state index is 0.124. The number of amides is 3. The van der Waals surface area contributed by atoms with Gasteiger partial charge in [-0.3, -0.25) is 14.4 Å². The summed E-state index contributed by atoms with van der Waals surface area (Å²) in [4.78, 5) is 44.6. The predicted octanol–water partition coefficient (Wildman–Crippen LogP) is 7.47. The molecule has 220 valence electrons. The second kappa shape index (κ2) is 14.4. The van der Waals surface area contributed by atoms with Crippen LogP contribution < -0.4 is 16.0 Å². The molecule has 4 aromatic carbocycles. The van der Waals surface area contributed by atoms with Gasteiger partial charge in [-0.25, -0.2) is 9.37 Å². The average molecular weight is 623 g/mol. The van der Waals surface area contributed by atoms with Crippen LogP contribution in [0.2, 0.25) is 0 Å². The Morgan fingerprint density at radius 2 is 1.50 bits per heavy atom. The zero-order valence-electron chi connectivity index (χ0n) is 23.5. The Balaban J connectivity index is 1.33. The Morgan fingerprint density at radius 3 is 2.16 bits per heavy atom. The third kappa shape index (κ3) is 8.06. The van der Waals surface area contributed by atoms with E-state index < -0.39 is 22.9 Å². The van der Waals surface area contributed by atoms with Gasteiger partial charge in [0, 0.05) is 27.1 Å². The Hall–Kier alpha value is -5.06. The average Bonchev–Trinajstić information content (AvgIpc) is 3.46. The molecule has 5 rings (SSSR count). The number of carbonyl (C=O) groups excluding carboxylic acids is 3. The number of thioether (sulfide) groups is 1. The van der Waals surface area contributed by atoms with Gasteiger partial charge in [0.1, 0.15) is 16.8 Å². The van der Waals surface area contributed by atoms with E-state index in [9.17, 15) is 18.8 Å². The van der Waals surface area contributed by atoms with Gasteiger partial charge in [0.25, 0.3) is 11.8 Å². The zero-order chi connectivity index (χ0) is 30.9. The van der Waals surface area contributed by atoms with Gasteiger partial charge in [-0.05, 0) is 61.0 Å². The lowest BCUT2D eigenvalue weighted by atomic mass is 10.1. The van der Waals surface area contributed by atoms with Gasteiger partial charge in [0.2, 0.25) is 5.91 Å². The molecule has 0 aliphatic heterocycles. The van der Waals surface area contributed by atoms with Crippen molar-refractivity contribution in [2.45, 2.75) is 17.1 Å². The number of halogens is 1. The van der Waals surface area contributed by atoms with Crippen molar-refractivity contribution in [3.05, 3.63) is 148 Å². The second-order valence-corrected chi connectivity index (χ2v) is 11.6. The van der Waals surface area contributed by atoms with Crippen molar-refractivity contribution in [2.75, 3.05) is 10.6 Å². The van der Waals surface area contributed by atoms with Crippen LogP contribution in [0.5, 0.6) is 0 Å². The summed E-state index contributed by atoms with van der Waals surface area (Å²) in [6.07, 6.45) is 1.29. The summed E-state index contributed by atoms with van der Waals surface area (Å²) in [6, 6.07) is 30.8. The maximum Gasteiger partial charge on any atom is 0.272 e. The molecule has 0 aliphatic rings. The van der Waals surface area contributed by atoms with Crippen LogP contribution in [0.15, 0.2) is 125 Å². The zero-order valence-corrected chi connectivity index (χ0v) is 25.1. The summed E-state index contributed by atoms with van der Waals surface area (Å²) in [5.74, 6) is -1.87. The number of aryl methyl sites for hydroxylation is 1. The molecular formula is C34H27FN4O3S2. The molecule has 3 N–H and O–H groups in total. The SMILES string of the molecule is Cc1csc(NC(=O)C(Sc2ccc(NC(=O)/C(=C/c3ccccc3F)NC(=O)c3ccccc3)cc2)c2ccccc2)n1. The van der Waals surface area contributed by atoms with E-state index in [-0.39, 0.29) is 17.2 Å². The smallest absolute Gasteiger partial charge is 0.272 e. The fourth-order valence-electron chi connectivity index (χ4n) is 4.12. The standard InChI is InChI=1S/C34H27FN4O3S2/c1-22-21-43-34(36-22)39-33(42)30(23-10-4-2-5-11-23)44-27-18-16-26(17-19-27)37-32(41)29(20-25-14-8-9-15-28(25)35)38-31(40)24-12-6-3-7-13-24/h2-21,30H,1H3,(H,37,41)(H,38,40)(H,36,39,42)/b29-20-. The second-order valence-electron chi connectivity index (χ2n) is 9.57. The van der Waals surface area contributed by atoms with Crippen LogP contribution in [-0.4, -0.2) is 22.7 Å². The van der Waals surface area contributed by atoms with Gasteiger partial charge in [0.05, 0.1) is 5.69 Å². The highest BCUT2D eigenvalue weighted by Gasteiger charge is 2.23. The van der Waals surface area contributed by atoms with Crippen molar-refractivity contribution in [3.63, 3.8) is 0 Å². The van der Waals surface area contributed by atoms with E-state index >= 15 is 0 Å². The summed E-state index contributed by atoms with van der Waals surface area (Å²) in [7, 11) is 0. The lowest BCUT2D eigenvalue weighted by Crippen LogP contribution is -2.30. The van der Waals surface area contributed by atoms with Gasteiger partial charge in [0.15, 0.2) is 5.13 Å². The van der Waals surface area contributed by atoms with Crippen LogP contribution in [0.25, 0.3) is 6.08 Å². The molecular weight excluding hydrogens is 596 g/mol. The van der Waals surface area contributed by atoms with Gasteiger partial charge >= 0.3 is 0 Å². The molecule has 3 amide bonds. The van der Waals surface area contributed by atoms with Gasteiger partial charge < -0.3 is 16.0 Å². The number of nitrogens with one attached hydrogen (secondary N) is 3. The lowest BCUT2D eigenvalue weighted by molar-refractivity contribution is -0.116. The molecule has 0 bridgehead atoms. The number of rotatable bonds is 10. The topological polar surface area (TPSA) is 100 Å². The lowest BCUT2D eigenvalue weighted by Gasteiger charge is -2.17. The molecule has 1 atom stereocenters. The fourth-order valence-corrected chi connectivity index (χ4v) is 5.84. The third-order valence-electron chi connectivity index (χ3n) is 6.29. The Bertz CT molecular complexity index is 1790. The molecule has 0 radical (unpaired) electrons. The summed E-state index contributed by atoms with van der Waals surface area (Å²) in [5.41, 5.74) is 2.49. The van der Waals surface area contributed by atoms with E-state index in [1.54, 1.807) is 66.7 Å². The first kappa shape index (κ1) is 30.4. The summed E-state index contributed by atoms with van der Waals surface area (Å²) in [5, 5.41) is 10.1. The summed E-state index contributed by atoms with van der Waals surface area (Å²) < 4.78 is 14.4. The molecule has 0 fully saturated rings. The van der Waals surface area contributed by atoms with Gasteiger partial charge in [-0.15, -0.1) is 23.1 Å². The van der Waals surface area contributed by atoms with Gasteiger partial charge in [-0.2, -0.15) is 0 Å². The number of hydrogen-bond donors (Lipinski definition) is 3. The van der Waals surface area contributed by atoms with Crippen molar-refractivity contribution >= 4 is 57.7 Å². The van der Waals surface area contributed by atoms with E-state index in [4.69, 9.17) is 0 Å². The quantitative estimate of drug-likeness (QED) is 0.111. The Kier molecular flexibility index (Phi) is 9.96. The van der Waals surface area contributed by atoms with E-state index in [0.717, 1.165) is 16.2 Å². The first-order valence-corrected chi connectivity index (χ1v) is 15.3. The van der Waals surface area contributed by atoms with Crippen LogP contribution in [-0.2, 0) is 9.59 Å². The van der Waals surface area contributed by atoms with Crippen LogP contribution >= 0.6 is 23.1 Å². The molecule has 1 heterocycles. The number of nitrogens with zero attached hydrogens (tertiary/aromatic N) is 1. The van der Waals surface area contributed by atoms with E-state index in [2.05, 4.69) is 20.9 Å². The minimum Gasteiger partial charge on any atom is -0.321 e. The molecule has 10 heteroatoms. The number of benzene rings is 4. The van der Waals surface area contributed by atoms with Gasteiger partial charge in [-0.1, -0.05) is 66.7 Å². The normalized spacial score (nSPS) is 11.8. The molecule has 0 spiro atoms. The monoisotopic (exact) mass is 622 g/mol. The molecule has 0 saturated heterocycles. The Labute approximate surface area is 262 Å². The first-order chi connectivity index (χ1) is 21.4. The van der Waals surface area contributed by atoms with E-state index in [1.807, 2.05) is 42.6 Å². The predicted molar refractivity (Wildman–Crippen MR) is 174 cm³/mol. The number of carbonyl (C=O) groups is 3. The summed E-state index contributed by atoms with van der Waals surface area (Å²) in [6.45, 7) is 1.87. The van der Waals surface area contributed by atoms with Crippen molar-refractivity contribution in [1.29, 1.82) is 0 Å². The largest absolute Gasteiger partial charge is 0.321 e. The van der Waals surface area contributed by atoms with Crippen LogP contribution in [0.3, 0.4) is 0 Å². The number of aromatic nitrogens is 1. The molecule has 5 aromatic rings. The minimum atomic E-state index is -0.627. The van der Waals surface area contributed by atoms with Crippen molar-refractivity contribution in [1.82, 2.24) is 10.3 Å². The number of hydrogen-bond acceptors (Lipinski definition) is 6. The highest BCUT2D eigenvalue weighted by atomic mass is 32.2. The van der Waals surface area contributed by atoms with Crippen LogP contribution in [0.4, 0.5) is 15.2 Å². The van der Waals surface area contributed by atoms with E-state index in [0.29, 0.717) is 16.4 Å². The van der Waals surface area contributed by atoms with Crippen LogP contribution in [0.1, 0.15) is 32.4 Å². The van der Waals surface area contributed by atoms with Crippen molar-refractivity contribution in [3.8, 4) is 0 Å². The van der Waals surface area contributed by atoms with Crippen molar-refractivity contribution < 1.29 is 18.8 Å². The number of thiazole rings is 1. The van der Waals surface area contributed by atoms with Crippen LogP contribution in [0, 0.1) is 12.7 Å². The maximum atomic E-state index is 14.4. The molecule has 0 saturated carbocycles. The molecule has 44 heavy (non-hydrogen) atoms. The molecule has 0 aliphatic carbocycles. The fraction of sp³-hybridized carbons (Fsp3) is 0.0588. The highest BCUT2D eigenvalue weighted by molar-refractivity contribution is 8.00. The summed E-state index contributed by atoms with van der Waals surface area (Å²) >= 11 is 2.73. The maximum absolute atomic E-state index is 14.4.